The summed E-state index contributed by atoms with van der Waals surface area (Å²) in [5.74, 6) is -2.08. The fraction of sp³-hybridized carbons (Fsp3) is 0.125. The Kier molecular flexibility index (Phi) is 2.93. The first kappa shape index (κ1) is 10.5. The maximum Gasteiger partial charge on any atom is 0.338 e. The van der Waals surface area contributed by atoms with Crippen LogP contribution in [0.25, 0.3) is 0 Å². The van der Waals surface area contributed by atoms with Crippen LogP contribution in [0.1, 0.15) is 15.9 Å². The van der Waals surface area contributed by atoms with Gasteiger partial charge in [-0.05, 0) is 28.9 Å². The molecular formula is C8H5BrClFO2. The number of hydrogen-bond acceptors (Lipinski definition) is 1. The molecule has 0 aliphatic carbocycles. The molecule has 70 valence electrons. The van der Waals surface area contributed by atoms with Crippen molar-refractivity contribution >= 4 is 33.5 Å². The number of halogens is 3. The smallest absolute Gasteiger partial charge is 0.338 e. The monoisotopic (exact) mass is 266 g/mol. The number of aromatic carboxylic acids is 1. The van der Waals surface area contributed by atoms with Crippen molar-refractivity contribution in [3.05, 3.63) is 32.5 Å². The van der Waals surface area contributed by atoms with E-state index in [1.54, 1.807) is 0 Å². The van der Waals surface area contributed by atoms with Crippen molar-refractivity contribution < 1.29 is 14.3 Å². The van der Waals surface area contributed by atoms with Gasteiger partial charge in [0.1, 0.15) is 5.82 Å². The average molecular weight is 267 g/mol. The molecule has 0 atom stereocenters. The Hall–Kier alpha value is -0.610. The highest BCUT2D eigenvalue weighted by molar-refractivity contribution is 9.10. The molecule has 1 N–H and O–H groups in total. The minimum Gasteiger partial charge on any atom is -0.478 e. The van der Waals surface area contributed by atoms with Crippen molar-refractivity contribution in [3.63, 3.8) is 0 Å². The van der Waals surface area contributed by atoms with Crippen molar-refractivity contribution in [1.29, 1.82) is 0 Å². The Morgan fingerprint density at radius 2 is 2.23 bits per heavy atom. The summed E-state index contributed by atoms with van der Waals surface area (Å²) in [5, 5.41) is 8.78. The zero-order valence-electron chi connectivity index (χ0n) is 6.57. The summed E-state index contributed by atoms with van der Waals surface area (Å²) >= 11 is 8.71. The van der Waals surface area contributed by atoms with E-state index in [2.05, 4.69) is 15.9 Å². The van der Waals surface area contributed by atoms with Gasteiger partial charge in [0.2, 0.25) is 0 Å². The van der Waals surface area contributed by atoms with Crippen LogP contribution in [0.15, 0.2) is 10.5 Å². The van der Waals surface area contributed by atoms with Gasteiger partial charge in [0.05, 0.1) is 10.6 Å². The molecule has 0 saturated heterocycles. The van der Waals surface area contributed by atoms with Crippen molar-refractivity contribution in [3.8, 4) is 0 Å². The Balaban J connectivity index is 3.50. The summed E-state index contributed by atoms with van der Waals surface area (Å²) in [5.41, 5.74) is -0.212. The van der Waals surface area contributed by atoms with E-state index in [1.807, 2.05) is 0 Å². The van der Waals surface area contributed by atoms with Crippen molar-refractivity contribution in [1.82, 2.24) is 0 Å². The second-order valence-electron chi connectivity index (χ2n) is 2.46. The van der Waals surface area contributed by atoms with Gasteiger partial charge in [-0.15, -0.1) is 0 Å². The van der Waals surface area contributed by atoms with Gasteiger partial charge in [0, 0.05) is 10.0 Å². The van der Waals surface area contributed by atoms with E-state index >= 15 is 0 Å². The molecule has 0 heterocycles. The van der Waals surface area contributed by atoms with Gasteiger partial charge < -0.3 is 5.11 Å². The summed E-state index contributed by atoms with van der Waals surface area (Å²) < 4.78 is 13.6. The highest BCUT2D eigenvalue weighted by atomic mass is 79.9. The molecule has 0 unspecified atom stereocenters. The van der Waals surface area contributed by atoms with Gasteiger partial charge >= 0.3 is 5.97 Å². The van der Waals surface area contributed by atoms with Gasteiger partial charge in [0.25, 0.3) is 0 Å². The fourth-order valence-corrected chi connectivity index (χ4v) is 1.43. The maximum absolute atomic E-state index is 13.2. The first-order valence-corrected chi connectivity index (χ1v) is 4.49. The van der Waals surface area contributed by atoms with E-state index < -0.39 is 17.3 Å². The third kappa shape index (κ3) is 1.84. The van der Waals surface area contributed by atoms with E-state index in [-0.39, 0.29) is 10.6 Å². The zero-order valence-corrected chi connectivity index (χ0v) is 8.91. The van der Waals surface area contributed by atoms with Gasteiger partial charge in [-0.25, -0.2) is 9.18 Å². The van der Waals surface area contributed by atoms with Crippen LogP contribution < -0.4 is 0 Å². The largest absolute Gasteiger partial charge is 0.478 e. The molecule has 0 radical (unpaired) electrons. The lowest BCUT2D eigenvalue weighted by atomic mass is 10.1. The lowest BCUT2D eigenvalue weighted by Gasteiger charge is -2.05. The molecule has 1 rings (SSSR count). The summed E-state index contributed by atoms with van der Waals surface area (Å²) in [4.78, 5) is 10.5. The van der Waals surface area contributed by atoms with Crippen molar-refractivity contribution in [2.75, 3.05) is 0 Å². The van der Waals surface area contributed by atoms with Crippen molar-refractivity contribution in [2.24, 2.45) is 0 Å². The number of carboxylic acids is 1. The molecule has 0 saturated carbocycles. The molecule has 0 fully saturated rings. The van der Waals surface area contributed by atoms with E-state index in [0.29, 0.717) is 4.47 Å². The van der Waals surface area contributed by atoms with Gasteiger partial charge in [-0.3, -0.25) is 0 Å². The second kappa shape index (κ2) is 3.64. The predicted molar refractivity (Wildman–Crippen MR) is 50.8 cm³/mol. The minimum atomic E-state index is -1.32. The van der Waals surface area contributed by atoms with Crippen LogP contribution in [-0.2, 0) is 0 Å². The summed E-state index contributed by atoms with van der Waals surface area (Å²) in [6, 6.07) is 1.08. The van der Waals surface area contributed by atoms with Crippen LogP contribution in [0.5, 0.6) is 0 Å². The number of carbonyl (C=O) groups is 1. The summed E-state index contributed by atoms with van der Waals surface area (Å²) in [7, 11) is 0. The van der Waals surface area contributed by atoms with E-state index in [1.165, 1.54) is 6.92 Å². The third-order valence-corrected chi connectivity index (χ3v) is 3.15. The molecule has 0 aromatic heterocycles. The molecular weight excluding hydrogens is 262 g/mol. The van der Waals surface area contributed by atoms with Crippen LogP contribution in [0.4, 0.5) is 4.39 Å². The van der Waals surface area contributed by atoms with E-state index in [4.69, 9.17) is 16.7 Å². The van der Waals surface area contributed by atoms with E-state index in [9.17, 15) is 9.18 Å². The Morgan fingerprint density at radius 3 is 2.69 bits per heavy atom. The molecule has 2 nitrogen and oxygen atoms in total. The molecule has 5 heteroatoms. The third-order valence-electron chi connectivity index (χ3n) is 1.61. The maximum atomic E-state index is 13.2. The van der Waals surface area contributed by atoms with E-state index in [0.717, 1.165) is 6.07 Å². The van der Waals surface area contributed by atoms with Gasteiger partial charge in [0.15, 0.2) is 0 Å². The molecule has 1 aromatic rings. The molecule has 0 spiro atoms. The van der Waals surface area contributed by atoms with Crippen LogP contribution >= 0.6 is 27.5 Å². The number of rotatable bonds is 1. The normalized spacial score (nSPS) is 10.2. The lowest BCUT2D eigenvalue weighted by molar-refractivity contribution is 0.0691. The fourth-order valence-electron chi connectivity index (χ4n) is 0.887. The quantitative estimate of drug-likeness (QED) is 0.793. The van der Waals surface area contributed by atoms with Gasteiger partial charge in [-0.2, -0.15) is 0 Å². The predicted octanol–water partition coefficient (Wildman–Crippen LogP) is 3.25. The second-order valence-corrected chi connectivity index (χ2v) is 3.66. The topological polar surface area (TPSA) is 37.3 Å². The standard InChI is InChI=1S/C8H5BrClFO2/c1-3-6(9)5(10)2-4(7(3)11)8(12)13/h2H,1H3,(H,12,13). The van der Waals surface area contributed by atoms with Crippen LogP contribution in [0, 0.1) is 12.7 Å². The Labute approximate surface area is 87.5 Å². The van der Waals surface area contributed by atoms with Gasteiger partial charge in [-0.1, -0.05) is 11.6 Å². The first-order chi connectivity index (χ1) is 5.95. The molecule has 1 aromatic carbocycles. The average Bonchev–Trinajstić information content (AvgIpc) is 2.07. The first-order valence-electron chi connectivity index (χ1n) is 3.32. The highest BCUT2D eigenvalue weighted by Crippen LogP contribution is 2.30. The molecule has 0 aliphatic rings. The molecule has 0 bridgehead atoms. The number of benzene rings is 1. The number of carboxylic acid groups (broad SMARTS) is 1. The SMILES string of the molecule is Cc1c(F)c(C(=O)O)cc(Cl)c1Br. The summed E-state index contributed by atoms with van der Waals surface area (Å²) in [6.45, 7) is 1.46. The number of hydrogen-bond donors (Lipinski definition) is 1. The Morgan fingerprint density at radius 1 is 1.69 bits per heavy atom. The van der Waals surface area contributed by atoms with Crippen LogP contribution in [0.2, 0.25) is 5.02 Å². The van der Waals surface area contributed by atoms with Crippen LogP contribution in [0.3, 0.4) is 0 Å². The summed E-state index contributed by atoms with van der Waals surface area (Å²) in [6.07, 6.45) is 0. The highest BCUT2D eigenvalue weighted by Gasteiger charge is 2.16. The minimum absolute atomic E-state index is 0.191. The lowest BCUT2D eigenvalue weighted by Crippen LogP contribution is -2.02. The zero-order chi connectivity index (χ0) is 10.2. The molecule has 13 heavy (non-hydrogen) atoms. The van der Waals surface area contributed by atoms with Crippen LogP contribution in [-0.4, -0.2) is 11.1 Å². The molecule has 0 aliphatic heterocycles. The molecule has 0 amide bonds. The Bertz CT molecular complexity index is 379. The van der Waals surface area contributed by atoms with Crippen molar-refractivity contribution in [2.45, 2.75) is 6.92 Å².